The summed E-state index contributed by atoms with van der Waals surface area (Å²) < 4.78 is 5.38. The standard InChI is InChI=1S/C36H37N7O2/c1-25-7-12-31(39-35(44)27-10-8-26(9-11-27)24-43-17-15-42(2)16-18-43)21-34(25)41-36-38-14-13-33(40-36)30-19-29(22-37-23-30)28-5-4-6-32(20-28)45-3/h4-14,19-23H,15-18,24H2,1-3H3,(H,39,44)(H,38,40,41). The van der Waals surface area contributed by atoms with Crippen molar-refractivity contribution in [3.63, 3.8) is 0 Å². The minimum absolute atomic E-state index is 0.155. The number of methoxy groups -OCH3 is 1. The topological polar surface area (TPSA) is 95.5 Å². The number of ether oxygens (including phenoxy) is 1. The number of anilines is 3. The highest BCUT2D eigenvalue weighted by atomic mass is 16.5. The van der Waals surface area contributed by atoms with Crippen LogP contribution in [0, 0.1) is 6.92 Å². The van der Waals surface area contributed by atoms with E-state index in [-0.39, 0.29) is 5.91 Å². The van der Waals surface area contributed by atoms with Crippen LogP contribution in [0.5, 0.6) is 5.75 Å². The van der Waals surface area contributed by atoms with Crippen LogP contribution in [0.3, 0.4) is 0 Å². The lowest BCUT2D eigenvalue weighted by molar-refractivity contribution is 0.102. The lowest BCUT2D eigenvalue weighted by Gasteiger charge is -2.32. The maximum Gasteiger partial charge on any atom is 0.255 e. The summed E-state index contributed by atoms with van der Waals surface area (Å²) in [6.07, 6.45) is 5.33. The van der Waals surface area contributed by atoms with E-state index in [9.17, 15) is 4.79 Å². The molecule has 0 bridgehead atoms. The number of hydrogen-bond donors (Lipinski definition) is 2. The maximum atomic E-state index is 13.1. The Kier molecular flexibility index (Phi) is 9.09. The molecule has 1 amide bonds. The minimum atomic E-state index is -0.155. The number of likely N-dealkylation sites (N-methyl/N-ethyl adjacent to an activating group) is 1. The van der Waals surface area contributed by atoms with Gasteiger partial charge in [-0.2, -0.15) is 0 Å². The molecule has 0 unspecified atom stereocenters. The van der Waals surface area contributed by atoms with Gasteiger partial charge in [-0.25, -0.2) is 9.97 Å². The van der Waals surface area contributed by atoms with E-state index in [4.69, 9.17) is 9.72 Å². The molecule has 1 saturated heterocycles. The first-order valence-electron chi connectivity index (χ1n) is 15.1. The van der Waals surface area contributed by atoms with Gasteiger partial charge in [-0.05, 0) is 79.2 Å². The van der Waals surface area contributed by atoms with Gasteiger partial charge in [0.15, 0.2) is 0 Å². The van der Waals surface area contributed by atoms with Gasteiger partial charge < -0.3 is 20.3 Å². The Balaban J connectivity index is 1.13. The second kappa shape index (κ2) is 13.7. The Hall–Kier alpha value is -5.12. The molecular weight excluding hydrogens is 562 g/mol. The molecule has 1 aliphatic rings. The second-order valence-corrected chi connectivity index (χ2v) is 11.3. The van der Waals surface area contributed by atoms with E-state index in [2.05, 4.69) is 37.4 Å². The Bertz CT molecular complexity index is 1780. The SMILES string of the molecule is COc1cccc(-c2cncc(-c3ccnc(Nc4cc(NC(=O)c5ccc(CN6CCN(C)CC6)cc5)ccc4C)n3)c2)c1. The molecule has 3 aromatic carbocycles. The fourth-order valence-electron chi connectivity index (χ4n) is 5.30. The summed E-state index contributed by atoms with van der Waals surface area (Å²) in [5, 5.41) is 6.36. The largest absolute Gasteiger partial charge is 0.497 e. The number of benzene rings is 3. The predicted molar refractivity (Wildman–Crippen MR) is 179 cm³/mol. The first-order chi connectivity index (χ1) is 21.9. The summed E-state index contributed by atoms with van der Waals surface area (Å²) in [5.41, 5.74) is 7.89. The van der Waals surface area contributed by atoms with Crippen LogP contribution < -0.4 is 15.4 Å². The molecular formula is C36H37N7O2. The zero-order valence-corrected chi connectivity index (χ0v) is 25.8. The summed E-state index contributed by atoms with van der Waals surface area (Å²) in [5.74, 6) is 1.08. The molecule has 6 rings (SSSR count). The lowest BCUT2D eigenvalue weighted by Crippen LogP contribution is -2.43. The third kappa shape index (κ3) is 7.52. The van der Waals surface area contributed by atoms with Gasteiger partial charge in [0.25, 0.3) is 5.91 Å². The first kappa shape index (κ1) is 29.9. The molecule has 2 N–H and O–H groups in total. The molecule has 0 saturated carbocycles. The zero-order valence-electron chi connectivity index (χ0n) is 25.8. The molecule has 9 nitrogen and oxygen atoms in total. The highest BCUT2D eigenvalue weighted by molar-refractivity contribution is 6.04. The lowest BCUT2D eigenvalue weighted by atomic mass is 10.0. The van der Waals surface area contributed by atoms with Crippen molar-refractivity contribution < 1.29 is 9.53 Å². The van der Waals surface area contributed by atoms with E-state index < -0.39 is 0 Å². The molecule has 2 aromatic heterocycles. The van der Waals surface area contributed by atoms with Crippen molar-refractivity contribution in [1.82, 2.24) is 24.8 Å². The Morgan fingerprint density at radius 2 is 1.69 bits per heavy atom. The number of rotatable bonds is 9. The Labute approximate surface area is 263 Å². The average molecular weight is 600 g/mol. The first-order valence-corrected chi connectivity index (χ1v) is 15.1. The number of nitrogens with one attached hydrogen (secondary N) is 2. The monoisotopic (exact) mass is 599 g/mol. The number of piperazine rings is 1. The van der Waals surface area contributed by atoms with Gasteiger partial charge in [0.05, 0.1) is 12.8 Å². The van der Waals surface area contributed by atoms with Gasteiger partial charge in [-0.15, -0.1) is 0 Å². The van der Waals surface area contributed by atoms with Gasteiger partial charge in [-0.1, -0.05) is 30.3 Å². The number of aromatic nitrogens is 3. The van der Waals surface area contributed by atoms with E-state index >= 15 is 0 Å². The van der Waals surface area contributed by atoms with Crippen molar-refractivity contribution in [2.75, 3.05) is 51.0 Å². The summed E-state index contributed by atoms with van der Waals surface area (Å²) in [6.45, 7) is 7.19. The quantitative estimate of drug-likeness (QED) is 0.205. The predicted octanol–water partition coefficient (Wildman–Crippen LogP) is 6.27. The average Bonchev–Trinajstić information content (AvgIpc) is 3.08. The molecule has 3 heterocycles. The smallest absolute Gasteiger partial charge is 0.255 e. The van der Waals surface area contributed by atoms with Gasteiger partial charge in [0.2, 0.25) is 5.95 Å². The normalized spacial score (nSPS) is 13.8. The van der Waals surface area contributed by atoms with Crippen molar-refractivity contribution >= 4 is 23.2 Å². The van der Waals surface area contributed by atoms with Crippen LogP contribution in [0.1, 0.15) is 21.5 Å². The van der Waals surface area contributed by atoms with Crippen LogP contribution in [0.25, 0.3) is 22.4 Å². The van der Waals surface area contributed by atoms with E-state index in [1.807, 2.05) is 92.0 Å². The molecule has 1 aliphatic heterocycles. The van der Waals surface area contributed by atoms with Crippen LogP contribution in [0.15, 0.2) is 97.5 Å². The number of amides is 1. The van der Waals surface area contributed by atoms with Crippen LogP contribution in [-0.4, -0.2) is 71.0 Å². The van der Waals surface area contributed by atoms with Gasteiger partial charge in [-0.3, -0.25) is 14.7 Å². The highest BCUT2D eigenvalue weighted by Gasteiger charge is 2.15. The van der Waals surface area contributed by atoms with Gasteiger partial charge in [0, 0.05) is 79.4 Å². The van der Waals surface area contributed by atoms with Crippen molar-refractivity contribution in [2.24, 2.45) is 0 Å². The van der Waals surface area contributed by atoms with Crippen molar-refractivity contribution in [2.45, 2.75) is 13.5 Å². The maximum absolute atomic E-state index is 13.1. The van der Waals surface area contributed by atoms with E-state index in [0.717, 1.165) is 72.1 Å². The molecule has 1 fully saturated rings. The third-order valence-electron chi connectivity index (χ3n) is 8.05. The fraction of sp³-hybridized carbons (Fsp3) is 0.222. The Morgan fingerprint density at radius 1 is 0.889 bits per heavy atom. The Morgan fingerprint density at radius 3 is 2.49 bits per heavy atom. The van der Waals surface area contributed by atoms with Crippen LogP contribution in [0.2, 0.25) is 0 Å². The molecule has 0 radical (unpaired) electrons. The summed E-state index contributed by atoms with van der Waals surface area (Å²) >= 11 is 0. The second-order valence-electron chi connectivity index (χ2n) is 11.3. The molecule has 0 spiro atoms. The number of hydrogen-bond acceptors (Lipinski definition) is 8. The summed E-state index contributed by atoms with van der Waals surface area (Å²) in [7, 11) is 3.82. The highest BCUT2D eigenvalue weighted by Crippen LogP contribution is 2.28. The number of carbonyl (C=O) groups is 1. The van der Waals surface area contributed by atoms with Gasteiger partial charge in [0.1, 0.15) is 5.75 Å². The van der Waals surface area contributed by atoms with Crippen molar-refractivity contribution in [3.8, 4) is 28.1 Å². The summed E-state index contributed by atoms with van der Waals surface area (Å²) in [6, 6.07) is 25.4. The minimum Gasteiger partial charge on any atom is -0.497 e. The number of aryl methyl sites for hydroxylation is 1. The number of nitrogens with zero attached hydrogens (tertiary/aromatic N) is 5. The van der Waals surface area contributed by atoms with E-state index in [0.29, 0.717) is 17.2 Å². The number of pyridine rings is 1. The van der Waals surface area contributed by atoms with Crippen molar-refractivity contribution in [1.29, 1.82) is 0 Å². The molecule has 228 valence electrons. The third-order valence-corrected chi connectivity index (χ3v) is 8.05. The molecule has 0 atom stereocenters. The molecule has 9 heteroatoms. The summed E-state index contributed by atoms with van der Waals surface area (Å²) in [4.78, 5) is 31.5. The van der Waals surface area contributed by atoms with Gasteiger partial charge >= 0.3 is 0 Å². The van der Waals surface area contributed by atoms with Crippen molar-refractivity contribution in [3.05, 3.63) is 114 Å². The van der Waals surface area contributed by atoms with E-state index in [1.54, 1.807) is 19.5 Å². The van der Waals surface area contributed by atoms with Crippen LogP contribution in [0.4, 0.5) is 17.3 Å². The van der Waals surface area contributed by atoms with E-state index in [1.165, 1.54) is 5.56 Å². The molecule has 5 aromatic rings. The van der Waals surface area contributed by atoms with Crippen LogP contribution in [-0.2, 0) is 6.54 Å². The molecule has 0 aliphatic carbocycles. The zero-order chi connectivity index (χ0) is 31.2. The fourth-order valence-corrected chi connectivity index (χ4v) is 5.30. The molecule has 45 heavy (non-hydrogen) atoms. The number of carbonyl (C=O) groups excluding carboxylic acids is 1. The van der Waals surface area contributed by atoms with Crippen LogP contribution >= 0.6 is 0 Å².